The number of nitrogens with one attached hydrogen (secondary N) is 1. The van der Waals surface area contributed by atoms with Crippen molar-refractivity contribution in [1.29, 1.82) is 0 Å². The van der Waals surface area contributed by atoms with Gasteiger partial charge in [-0.2, -0.15) is 0 Å². The monoisotopic (exact) mass is 528 g/mol. The molecule has 1 amide bonds. The lowest BCUT2D eigenvalue weighted by molar-refractivity contribution is 0.0696. The van der Waals surface area contributed by atoms with Crippen molar-refractivity contribution >= 4 is 28.2 Å². The SMILES string of the molecule is O=C(O)c1ccc(CNC(=O)c2cc(-c3ccc(F)cc3)cn3ccc(Cc4ccc5ccccc5c4)c23)cc1. The van der Waals surface area contributed by atoms with Gasteiger partial charge in [-0.1, -0.05) is 66.7 Å². The fraction of sp³-hybridized carbons (Fsp3) is 0.0588. The minimum atomic E-state index is -0.997. The number of aromatic carboxylic acids is 1. The molecule has 6 aromatic rings. The van der Waals surface area contributed by atoms with Crippen LogP contribution in [0, 0.1) is 5.82 Å². The van der Waals surface area contributed by atoms with E-state index in [1.54, 1.807) is 24.3 Å². The molecule has 0 fully saturated rings. The average molecular weight is 529 g/mol. The second kappa shape index (κ2) is 10.5. The number of pyridine rings is 1. The topological polar surface area (TPSA) is 70.8 Å². The maximum absolute atomic E-state index is 13.6. The van der Waals surface area contributed by atoms with Crippen molar-refractivity contribution in [1.82, 2.24) is 9.72 Å². The van der Waals surface area contributed by atoms with Gasteiger partial charge in [0, 0.05) is 18.9 Å². The molecule has 6 rings (SSSR count). The van der Waals surface area contributed by atoms with Crippen molar-refractivity contribution in [2.45, 2.75) is 13.0 Å². The predicted octanol–water partition coefficient (Wildman–Crippen LogP) is 7.12. The van der Waals surface area contributed by atoms with Gasteiger partial charge in [0.2, 0.25) is 0 Å². The molecule has 0 aliphatic heterocycles. The van der Waals surface area contributed by atoms with E-state index in [-0.39, 0.29) is 23.8 Å². The van der Waals surface area contributed by atoms with E-state index in [9.17, 15) is 14.0 Å². The van der Waals surface area contributed by atoms with E-state index >= 15 is 0 Å². The van der Waals surface area contributed by atoms with E-state index in [4.69, 9.17) is 5.11 Å². The number of carboxylic acids is 1. The Morgan fingerprint density at radius 1 is 0.775 bits per heavy atom. The number of halogens is 1. The molecule has 6 heteroatoms. The number of hydrogen-bond donors (Lipinski definition) is 2. The second-order valence-electron chi connectivity index (χ2n) is 9.79. The molecule has 0 atom stereocenters. The minimum Gasteiger partial charge on any atom is -0.478 e. The Kier molecular flexibility index (Phi) is 6.58. The molecule has 40 heavy (non-hydrogen) atoms. The highest BCUT2D eigenvalue weighted by Crippen LogP contribution is 2.28. The first-order chi connectivity index (χ1) is 19.4. The molecule has 2 heterocycles. The van der Waals surface area contributed by atoms with E-state index in [0.717, 1.165) is 38.7 Å². The lowest BCUT2D eigenvalue weighted by Crippen LogP contribution is -2.23. The number of benzene rings is 4. The minimum absolute atomic E-state index is 0.190. The quantitative estimate of drug-likeness (QED) is 0.232. The zero-order chi connectivity index (χ0) is 27.6. The fourth-order valence-corrected chi connectivity index (χ4v) is 5.05. The highest BCUT2D eigenvalue weighted by atomic mass is 19.1. The predicted molar refractivity (Wildman–Crippen MR) is 154 cm³/mol. The zero-order valence-corrected chi connectivity index (χ0v) is 21.5. The third kappa shape index (κ3) is 5.07. The van der Waals surface area contributed by atoms with Gasteiger partial charge >= 0.3 is 5.97 Å². The smallest absolute Gasteiger partial charge is 0.335 e. The van der Waals surface area contributed by atoms with Crippen LogP contribution in [0.4, 0.5) is 4.39 Å². The van der Waals surface area contributed by atoms with Crippen LogP contribution in [-0.2, 0) is 13.0 Å². The normalized spacial score (nSPS) is 11.1. The number of carbonyl (C=O) groups is 2. The van der Waals surface area contributed by atoms with Crippen LogP contribution in [0.2, 0.25) is 0 Å². The molecular weight excluding hydrogens is 503 g/mol. The Labute approximate surface area is 230 Å². The first kappa shape index (κ1) is 25.1. The van der Waals surface area contributed by atoms with E-state index in [2.05, 4.69) is 35.6 Å². The molecule has 0 aliphatic rings. The van der Waals surface area contributed by atoms with Crippen LogP contribution < -0.4 is 5.32 Å². The summed E-state index contributed by atoms with van der Waals surface area (Å²) >= 11 is 0. The standard InChI is InChI=1S/C34H25FN2O3/c35-30-13-11-25(12-14-30)29-19-31(33(38)36-20-22-5-9-26(10-6-22)34(39)40)32-28(15-16-37(32)21-29)18-23-7-8-24-3-1-2-4-27(24)17-23/h1-17,19,21H,18,20H2,(H,36,38)(H,39,40). The summed E-state index contributed by atoms with van der Waals surface area (Å²) in [7, 11) is 0. The molecule has 2 aromatic heterocycles. The first-order valence-electron chi connectivity index (χ1n) is 12.9. The third-order valence-corrected chi connectivity index (χ3v) is 7.12. The van der Waals surface area contributed by atoms with Crippen molar-refractivity contribution < 1.29 is 19.1 Å². The van der Waals surface area contributed by atoms with E-state index < -0.39 is 5.97 Å². The molecule has 5 nitrogen and oxygen atoms in total. The molecule has 0 aliphatic carbocycles. The summed E-state index contributed by atoms with van der Waals surface area (Å²) in [5.74, 6) is -1.58. The Hall–Kier alpha value is -5.23. The summed E-state index contributed by atoms with van der Waals surface area (Å²) in [6.07, 6.45) is 4.54. The molecule has 0 radical (unpaired) electrons. The van der Waals surface area contributed by atoms with Gasteiger partial charge in [-0.3, -0.25) is 4.79 Å². The Bertz CT molecular complexity index is 1870. The van der Waals surface area contributed by atoms with Crippen LogP contribution in [0.25, 0.3) is 27.4 Å². The van der Waals surface area contributed by atoms with Crippen molar-refractivity contribution in [3.05, 3.63) is 149 Å². The molecule has 0 saturated heterocycles. The summed E-state index contributed by atoms with van der Waals surface area (Å²) in [5, 5.41) is 14.5. The molecule has 0 unspecified atom stereocenters. The van der Waals surface area contributed by atoms with Gasteiger partial charge in [-0.25, -0.2) is 9.18 Å². The van der Waals surface area contributed by atoms with Crippen LogP contribution in [0.5, 0.6) is 0 Å². The van der Waals surface area contributed by atoms with Crippen molar-refractivity contribution in [3.8, 4) is 11.1 Å². The Balaban J connectivity index is 1.37. The molecule has 4 aromatic carbocycles. The molecule has 0 saturated carbocycles. The number of nitrogens with zero attached hydrogens (tertiary/aromatic N) is 1. The van der Waals surface area contributed by atoms with Crippen molar-refractivity contribution in [2.75, 3.05) is 0 Å². The highest BCUT2D eigenvalue weighted by Gasteiger charge is 2.17. The van der Waals surface area contributed by atoms with Crippen LogP contribution in [0.15, 0.2) is 116 Å². The molecular formula is C34H25FN2O3. The van der Waals surface area contributed by atoms with Crippen LogP contribution in [-0.4, -0.2) is 21.4 Å². The van der Waals surface area contributed by atoms with Gasteiger partial charge in [0.05, 0.1) is 16.6 Å². The van der Waals surface area contributed by atoms with Crippen molar-refractivity contribution in [2.24, 2.45) is 0 Å². The second-order valence-corrected chi connectivity index (χ2v) is 9.79. The lowest BCUT2D eigenvalue weighted by Gasteiger charge is -2.13. The number of rotatable bonds is 7. The summed E-state index contributed by atoms with van der Waals surface area (Å²) in [6.45, 7) is 0.242. The summed E-state index contributed by atoms with van der Waals surface area (Å²) < 4.78 is 15.5. The first-order valence-corrected chi connectivity index (χ1v) is 12.9. The number of aromatic nitrogens is 1. The van der Waals surface area contributed by atoms with E-state index in [0.29, 0.717) is 12.0 Å². The maximum atomic E-state index is 13.6. The summed E-state index contributed by atoms with van der Waals surface area (Å²) in [5.41, 5.74) is 6.02. The van der Waals surface area contributed by atoms with Gasteiger partial charge in [0.15, 0.2) is 0 Å². The number of fused-ring (bicyclic) bond motifs is 2. The van der Waals surface area contributed by atoms with Crippen LogP contribution >= 0.6 is 0 Å². The molecule has 0 bridgehead atoms. The number of amides is 1. The zero-order valence-electron chi connectivity index (χ0n) is 21.5. The summed E-state index contributed by atoms with van der Waals surface area (Å²) in [4.78, 5) is 24.8. The summed E-state index contributed by atoms with van der Waals surface area (Å²) in [6, 6.07) is 31.1. The molecule has 2 N–H and O–H groups in total. The third-order valence-electron chi connectivity index (χ3n) is 7.12. The van der Waals surface area contributed by atoms with Crippen molar-refractivity contribution in [3.63, 3.8) is 0 Å². The fourth-order valence-electron chi connectivity index (χ4n) is 5.05. The van der Waals surface area contributed by atoms with Crippen LogP contribution in [0.3, 0.4) is 0 Å². The van der Waals surface area contributed by atoms with Gasteiger partial charge < -0.3 is 14.8 Å². The highest BCUT2D eigenvalue weighted by molar-refractivity contribution is 6.03. The van der Waals surface area contributed by atoms with Crippen LogP contribution in [0.1, 0.15) is 37.4 Å². The van der Waals surface area contributed by atoms with Gasteiger partial charge in [-0.05, 0) is 81.4 Å². The van der Waals surface area contributed by atoms with Gasteiger partial charge in [-0.15, -0.1) is 0 Å². The molecule has 196 valence electrons. The van der Waals surface area contributed by atoms with Gasteiger partial charge in [0.25, 0.3) is 5.91 Å². The Morgan fingerprint density at radius 2 is 1.50 bits per heavy atom. The molecule has 0 spiro atoms. The van der Waals surface area contributed by atoms with Gasteiger partial charge in [0.1, 0.15) is 5.82 Å². The van der Waals surface area contributed by atoms with E-state index in [1.807, 2.05) is 41.1 Å². The lowest BCUT2D eigenvalue weighted by atomic mass is 9.99. The largest absolute Gasteiger partial charge is 0.478 e. The average Bonchev–Trinajstić information content (AvgIpc) is 3.38. The van der Waals surface area contributed by atoms with E-state index in [1.165, 1.54) is 29.7 Å². The number of carboxylic acid groups (broad SMARTS) is 1. The number of carbonyl (C=O) groups excluding carboxylic acids is 1. The maximum Gasteiger partial charge on any atom is 0.335 e. The number of hydrogen-bond acceptors (Lipinski definition) is 2. The Morgan fingerprint density at radius 3 is 2.25 bits per heavy atom.